The van der Waals surface area contributed by atoms with E-state index in [-0.39, 0.29) is 23.3 Å². The van der Waals surface area contributed by atoms with Crippen LogP contribution < -0.4 is 11.1 Å². The summed E-state index contributed by atoms with van der Waals surface area (Å²) in [6.07, 6.45) is 1.99. The van der Waals surface area contributed by atoms with Crippen LogP contribution in [0, 0.1) is 11.8 Å². The topological polar surface area (TPSA) is 64.4 Å². The average Bonchev–Trinajstić information content (AvgIpc) is 2.18. The van der Waals surface area contributed by atoms with Gasteiger partial charge >= 0.3 is 0 Å². The fraction of sp³-hybridized carbons (Fsp3) is 0.917. The minimum Gasteiger partial charge on any atom is -0.379 e. The van der Waals surface area contributed by atoms with Gasteiger partial charge in [-0.3, -0.25) is 4.79 Å². The maximum Gasteiger partial charge on any atom is 0.225 e. The van der Waals surface area contributed by atoms with E-state index in [9.17, 15) is 4.79 Å². The molecule has 0 radical (unpaired) electrons. The molecule has 16 heavy (non-hydrogen) atoms. The molecule has 2 unspecified atom stereocenters. The highest BCUT2D eigenvalue weighted by molar-refractivity contribution is 5.79. The number of carbonyl (C=O) groups is 1. The molecule has 0 aliphatic carbocycles. The first-order chi connectivity index (χ1) is 7.48. The van der Waals surface area contributed by atoms with Gasteiger partial charge in [0.05, 0.1) is 18.1 Å². The maximum atomic E-state index is 12.0. The molecule has 1 aliphatic rings. The van der Waals surface area contributed by atoms with Gasteiger partial charge in [0, 0.05) is 13.2 Å². The van der Waals surface area contributed by atoms with E-state index in [4.69, 9.17) is 10.5 Å². The highest BCUT2D eigenvalue weighted by Gasteiger charge is 2.32. The molecule has 0 spiro atoms. The molecule has 4 heteroatoms. The number of nitrogens with one attached hydrogen (secondary N) is 1. The van der Waals surface area contributed by atoms with E-state index in [0.717, 1.165) is 19.4 Å². The van der Waals surface area contributed by atoms with Gasteiger partial charge in [0.15, 0.2) is 0 Å². The summed E-state index contributed by atoms with van der Waals surface area (Å²) < 4.78 is 5.41. The van der Waals surface area contributed by atoms with Gasteiger partial charge in [-0.05, 0) is 25.7 Å². The average molecular weight is 228 g/mol. The monoisotopic (exact) mass is 228 g/mol. The SMILES string of the molecule is CC(C)C(CN)C(=O)NC1(C)CCCOC1. The molecule has 1 saturated heterocycles. The fourth-order valence-corrected chi connectivity index (χ4v) is 2.10. The van der Waals surface area contributed by atoms with Crippen LogP contribution in [0.1, 0.15) is 33.6 Å². The predicted molar refractivity (Wildman–Crippen MR) is 64.0 cm³/mol. The van der Waals surface area contributed by atoms with E-state index in [2.05, 4.69) is 5.32 Å². The summed E-state index contributed by atoms with van der Waals surface area (Å²) in [5, 5.41) is 3.08. The van der Waals surface area contributed by atoms with Crippen LogP contribution in [0.4, 0.5) is 0 Å². The summed E-state index contributed by atoms with van der Waals surface area (Å²) in [6.45, 7) is 7.90. The molecule has 0 aromatic heterocycles. The van der Waals surface area contributed by atoms with Crippen LogP contribution >= 0.6 is 0 Å². The van der Waals surface area contributed by atoms with Crippen LogP contribution in [-0.4, -0.2) is 31.2 Å². The lowest BCUT2D eigenvalue weighted by atomic mass is 9.90. The van der Waals surface area contributed by atoms with E-state index < -0.39 is 0 Å². The third-order valence-corrected chi connectivity index (χ3v) is 3.26. The zero-order valence-electron chi connectivity index (χ0n) is 10.6. The Morgan fingerprint density at radius 1 is 1.56 bits per heavy atom. The Bertz CT molecular complexity index is 235. The van der Waals surface area contributed by atoms with Crippen LogP contribution in [0.25, 0.3) is 0 Å². The normalized spacial score (nSPS) is 27.8. The third-order valence-electron chi connectivity index (χ3n) is 3.26. The first kappa shape index (κ1) is 13.5. The number of carbonyl (C=O) groups excluding carboxylic acids is 1. The lowest BCUT2D eigenvalue weighted by Gasteiger charge is -2.36. The van der Waals surface area contributed by atoms with Crippen molar-refractivity contribution in [2.45, 2.75) is 39.2 Å². The summed E-state index contributed by atoms with van der Waals surface area (Å²) in [7, 11) is 0. The largest absolute Gasteiger partial charge is 0.379 e. The molecule has 1 amide bonds. The first-order valence-corrected chi connectivity index (χ1v) is 6.08. The molecule has 2 atom stereocenters. The quantitative estimate of drug-likeness (QED) is 0.751. The molecule has 1 aliphatic heterocycles. The smallest absolute Gasteiger partial charge is 0.225 e. The summed E-state index contributed by atoms with van der Waals surface area (Å²) in [6, 6.07) is 0. The van der Waals surface area contributed by atoms with Crippen molar-refractivity contribution in [3.8, 4) is 0 Å². The van der Waals surface area contributed by atoms with Crippen molar-refractivity contribution in [1.29, 1.82) is 0 Å². The van der Waals surface area contributed by atoms with Crippen molar-refractivity contribution in [3.63, 3.8) is 0 Å². The van der Waals surface area contributed by atoms with Crippen molar-refractivity contribution >= 4 is 5.91 Å². The molecule has 0 bridgehead atoms. The minimum atomic E-state index is -0.211. The van der Waals surface area contributed by atoms with Gasteiger partial charge in [-0.15, -0.1) is 0 Å². The number of ether oxygens (including phenoxy) is 1. The molecule has 1 fully saturated rings. The second-order valence-corrected chi connectivity index (χ2v) is 5.29. The van der Waals surface area contributed by atoms with Gasteiger partial charge in [0.2, 0.25) is 5.91 Å². The second-order valence-electron chi connectivity index (χ2n) is 5.29. The molecule has 0 aromatic carbocycles. The molecule has 1 heterocycles. The van der Waals surface area contributed by atoms with Gasteiger partial charge in [-0.2, -0.15) is 0 Å². The van der Waals surface area contributed by atoms with Crippen LogP contribution in [-0.2, 0) is 9.53 Å². The third kappa shape index (κ3) is 3.46. The van der Waals surface area contributed by atoms with E-state index >= 15 is 0 Å². The maximum absolute atomic E-state index is 12.0. The summed E-state index contributed by atoms with van der Waals surface area (Å²) in [4.78, 5) is 12.0. The number of rotatable bonds is 4. The number of hydrogen-bond donors (Lipinski definition) is 2. The van der Waals surface area contributed by atoms with Crippen molar-refractivity contribution in [1.82, 2.24) is 5.32 Å². The van der Waals surface area contributed by atoms with Crippen molar-refractivity contribution < 1.29 is 9.53 Å². The van der Waals surface area contributed by atoms with Crippen molar-refractivity contribution in [2.24, 2.45) is 17.6 Å². The van der Waals surface area contributed by atoms with Crippen LogP contribution in [0.5, 0.6) is 0 Å². The van der Waals surface area contributed by atoms with Gasteiger partial charge in [-0.25, -0.2) is 0 Å². The summed E-state index contributed by atoms with van der Waals surface area (Å²) in [5.74, 6) is 0.238. The van der Waals surface area contributed by atoms with Gasteiger partial charge in [-0.1, -0.05) is 13.8 Å². The van der Waals surface area contributed by atoms with Crippen molar-refractivity contribution in [3.05, 3.63) is 0 Å². The molecule has 0 aromatic rings. The predicted octanol–water partition coefficient (Wildman–Crippen LogP) is 0.903. The number of nitrogens with two attached hydrogens (primary N) is 1. The van der Waals surface area contributed by atoms with Gasteiger partial charge in [0.25, 0.3) is 0 Å². The molecular formula is C12H24N2O2. The molecule has 1 rings (SSSR count). The second kappa shape index (κ2) is 5.64. The Balaban J connectivity index is 2.54. The fourth-order valence-electron chi connectivity index (χ4n) is 2.10. The Labute approximate surface area is 97.9 Å². The van der Waals surface area contributed by atoms with E-state index in [0.29, 0.717) is 13.2 Å². The van der Waals surface area contributed by atoms with E-state index in [1.807, 2.05) is 20.8 Å². The lowest BCUT2D eigenvalue weighted by Crippen LogP contribution is -2.54. The van der Waals surface area contributed by atoms with Crippen molar-refractivity contribution in [2.75, 3.05) is 19.8 Å². The molecular weight excluding hydrogens is 204 g/mol. The first-order valence-electron chi connectivity index (χ1n) is 6.08. The molecule has 0 saturated carbocycles. The van der Waals surface area contributed by atoms with Gasteiger partial charge in [0.1, 0.15) is 0 Å². The summed E-state index contributed by atoms with van der Waals surface area (Å²) >= 11 is 0. The Hall–Kier alpha value is -0.610. The number of amides is 1. The zero-order valence-corrected chi connectivity index (χ0v) is 10.6. The zero-order chi connectivity index (χ0) is 12.2. The van der Waals surface area contributed by atoms with Crippen LogP contribution in [0.15, 0.2) is 0 Å². The van der Waals surface area contributed by atoms with Gasteiger partial charge < -0.3 is 15.8 Å². The standard InChI is InChI=1S/C12H24N2O2/c1-9(2)10(7-13)11(15)14-12(3)5-4-6-16-8-12/h9-10H,4-8,13H2,1-3H3,(H,14,15). The van der Waals surface area contributed by atoms with Crippen LogP contribution in [0.2, 0.25) is 0 Å². The Morgan fingerprint density at radius 2 is 2.25 bits per heavy atom. The highest BCUT2D eigenvalue weighted by Crippen LogP contribution is 2.20. The van der Waals surface area contributed by atoms with E-state index in [1.165, 1.54) is 0 Å². The highest BCUT2D eigenvalue weighted by atomic mass is 16.5. The summed E-state index contributed by atoms with van der Waals surface area (Å²) in [5.41, 5.74) is 5.42. The van der Waals surface area contributed by atoms with Crippen LogP contribution in [0.3, 0.4) is 0 Å². The Morgan fingerprint density at radius 3 is 2.69 bits per heavy atom. The minimum absolute atomic E-state index is 0.0606. The molecule has 3 N–H and O–H groups in total. The number of hydrogen-bond acceptors (Lipinski definition) is 3. The van der Waals surface area contributed by atoms with E-state index in [1.54, 1.807) is 0 Å². The lowest BCUT2D eigenvalue weighted by molar-refractivity contribution is -0.129. The Kier molecular flexibility index (Phi) is 4.74. The molecule has 4 nitrogen and oxygen atoms in total. The molecule has 94 valence electrons.